The molecular formula is C13H20F2N2O. The largest absolute Gasteiger partial charge is 0.376 e. The van der Waals surface area contributed by atoms with Crippen LogP contribution in [0, 0.1) is 11.6 Å². The second kappa shape index (κ2) is 7.41. The molecule has 1 rings (SSSR count). The SMILES string of the molecule is CCCC(OCC)C(NN)c1cc(F)ccc1F. The minimum Gasteiger partial charge on any atom is -0.376 e. The predicted octanol–water partition coefficient (Wildman–Crippen LogP) is 2.67. The van der Waals surface area contributed by atoms with Gasteiger partial charge < -0.3 is 4.74 Å². The fourth-order valence-electron chi connectivity index (χ4n) is 2.00. The first kappa shape index (κ1) is 15.0. The Kier molecular flexibility index (Phi) is 6.18. The number of hydrazine groups is 1. The van der Waals surface area contributed by atoms with Crippen LogP contribution in [-0.4, -0.2) is 12.7 Å². The molecule has 0 spiro atoms. The summed E-state index contributed by atoms with van der Waals surface area (Å²) in [5.74, 6) is 4.49. The van der Waals surface area contributed by atoms with Crippen LogP contribution in [0.3, 0.4) is 0 Å². The molecule has 3 N–H and O–H groups in total. The monoisotopic (exact) mass is 258 g/mol. The first-order valence-corrected chi connectivity index (χ1v) is 6.16. The molecule has 0 saturated carbocycles. The average Bonchev–Trinajstić information content (AvgIpc) is 2.35. The van der Waals surface area contributed by atoms with Gasteiger partial charge in [-0.25, -0.2) is 8.78 Å². The molecule has 0 aliphatic heterocycles. The van der Waals surface area contributed by atoms with Gasteiger partial charge in [-0.05, 0) is 31.5 Å². The maximum absolute atomic E-state index is 13.7. The molecule has 1 aromatic carbocycles. The van der Waals surface area contributed by atoms with Crippen LogP contribution in [0.2, 0.25) is 0 Å². The third-order valence-electron chi connectivity index (χ3n) is 2.80. The van der Waals surface area contributed by atoms with Crippen molar-refractivity contribution in [2.24, 2.45) is 5.84 Å². The highest BCUT2D eigenvalue weighted by Gasteiger charge is 2.25. The zero-order chi connectivity index (χ0) is 13.5. The molecule has 2 atom stereocenters. The predicted molar refractivity (Wildman–Crippen MR) is 66.7 cm³/mol. The Morgan fingerprint density at radius 3 is 2.61 bits per heavy atom. The van der Waals surface area contributed by atoms with Crippen LogP contribution in [0.5, 0.6) is 0 Å². The van der Waals surface area contributed by atoms with E-state index in [0.717, 1.165) is 31.0 Å². The molecule has 18 heavy (non-hydrogen) atoms. The van der Waals surface area contributed by atoms with Gasteiger partial charge in [-0.1, -0.05) is 13.3 Å². The minimum atomic E-state index is -0.555. The van der Waals surface area contributed by atoms with Crippen molar-refractivity contribution in [1.29, 1.82) is 0 Å². The first-order chi connectivity index (χ1) is 8.63. The third-order valence-corrected chi connectivity index (χ3v) is 2.80. The summed E-state index contributed by atoms with van der Waals surface area (Å²) in [4.78, 5) is 0. The van der Waals surface area contributed by atoms with Gasteiger partial charge in [0.25, 0.3) is 0 Å². The summed E-state index contributed by atoms with van der Waals surface area (Å²) in [5, 5.41) is 0. The Morgan fingerprint density at radius 2 is 2.06 bits per heavy atom. The van der Waals surface area contributed by atoms with Gasteiger partial charge in [0, 0.05) is 12.2 Å². The van der Waals surface area contributed by atoms with Gasteiger partial charge in [-0.3, -0.25) is 11.3 Å². The standard InChI is InChI=1S/C13H20F2N2O/c1-3-5-12(18-4-2)13(17-16)10-8-9(14)6-7-11(10)15/h6-8,12-13,17H,3-5,16H2,1-2H3. The number of ether oxygens (including phenoxy) is 1. The number of halogens is 2. The number of benzene rings is 1. The number of nitrogens with two attached hydrogens (primary N) is 1. The normalized spacial score (nSPS) is 14.5. The second-order valence-electron chi connectivity index (χ2n) is 4.09. The number of nitrogens with one attached hydrogen (secondary N) is 1. The molecular weight excluding hydrogens is 238 g/mol. The lowest BCUT2D eigenvalue weighted by atomic mass is 9.98. The van der Waals surface area contributed by atoms with Gasteiger partial charge in [0.1, 0.15) is 11.6 Å². The molecule has 0 heterocycles. The van der Waals surface area contributed by atoms with Crippen LogP contribution in [0.4, 0.5) is 8.78 Å². The van der Waals surface area contributed by atoms with Gasteiger partial charge in [0.05, 0.1) is 12.1 Å². The van der Waals surface area contributed by atoms with Crippen LogP contribution in [0.1, 0.15) is 38.3 Å². The molecule has 1 aromatic rings. The van der Waals surface area contributed by atoms with E-state index in [1.165, 1.54) is 0 Å². The maximum Gasteiger partial charge on any atom is 0.128 e. The van der Waals surface area contributed by atoms with Crippen LogP contribution in [0.15, 0.2) is 18.2 Å². The number of hydrogen-bond acceptors (Lipinski definition) is 3. The second-order valence-corrected chi connectivity index (χ2v) is 4.09. The maximum atomic E-state index is 13.7. The molecule has 5 heteroatoms. The van der Waals surface area contributed by atoms with Gasteiger partial charge in [0.2, 0.25) is 0 Å². The highest BCUT2D eigenvalue weighted by molar-refractivity contribution is 5.23. The van der Waals surface area contributed by atoms with E-state index in [-0.39, 0.29) is 11.7 Å². The highest BCUT2D eigenvalue weighted by atomic mass is 19.1. The van der Waals surface area contributed by atoms with E-state index >= 15 is 0 Å². The summed E-state index contributed by atoms with van der Waals surface area (Å²) < 4.78 is 32.5. The Morgan fingerprint density at radius 1 is 1.33 bits per heavy atom. The van der Waals surface area contributed by atoms with Crippen LogP contribution < -0.4 is 11.3 Å². The Bertz CT molecular complexity index is 368. The van der Waals surface area contributed by atoms with E-state index in [9.17, 15) is 8.78 Å². The number of hydrogen-bond donors (Lipinski definition) is 2. The van der Waals surface area contributed by atoms with E-state index in [4.69, 9.17) is 10.6 Å². The van der Waals surface area contributed by atoms with E-state index in [0.29, 0.717) is 6.61 Å². The van der Waals surface area contributed by atoms with Gasteiger partial charge in [-0.15, -0.1) is 0 Å². The van der Waals surface area contributed by atoms with Gasteiger partial charge in [-0.2, -0.15) is 0 Å². The summed E-state index contributed by atoms with van der Waals surface area (Å²) in [6.45, 7) is 4.36. The van der Waals surface area contributed by atoms with Crippen LogP contribution >= 0.6 is 0 Å². The Balaban J connectivity index is 3.01. The van der Waals surface area contributed by atoms with Gasteiger partial charge >= 0.3 is 0 Å². The molecule has 0 radical (unpaired) electrons. The molecule has 0 aliphatic carbocycles. The van der Waals surface area contributed by atoms with Gasteiger partial charge in [0.15, 0.2) is 0 Å². The highest BCUT2D eigenvalue weighted by Crippen LogP contribution is 2.25. The molecule has 0 aromatic heterocycles. The molecule has 2 unspecified atom stereocenters. The molecule has 0 amide bonds. The summed E-state index contributed by atoms with van der Waals surface area (Å²) in [7, 11) is 0. The molecule has 0 aliphatic rings. The lowest BCUT2D eigenvalue weighted by Gasteiger charge is -2.27. The molecule has 0 bridgehead atoms. The molecule has 3 nitrogen and oxygen atoms in total. The Labute approximate surface area is 106 Å². The van der Waals surface area contributed by atoms with Crippen molar-refractivity contribution in [2.75, 3.05) is 6.61 Å². The van der Waals surface area contributed by atoms with E-state index in [1.807, 2.05) is 13.8 Å². The smallest absolute Gasteiger partial charge is 0.128 e. The Hall–Kier alpha value is -1.04. The van der Waals surface area contributed by atoms with E-state index in [1.54, 1.807) is 0 Å². The van der Waals surface area contributed by atoms with Crippen molar-refractivity contribution in [1.82, 2.24) is 5.43 Å². The zero-order valence-corrected chi connectivity index (χ0v) is 10.7. The van der Waals surface area contributed by atoms with Crippen molar-refractivity contribution >= 4 is 0 Å². The molecule has 0 saturated heterocycles. The average molecular weight is 258 g/mol. The molecule has 102 valence electrons. The van der Waals surface area contributed by atoms with Crippen molar-refractivity contribution in [3.8, 4) is 0 Å². The summed E-state index contributed by atoms with van der Waals surface area (Å²) in [6.07, 6.45) is 1.32. The van der Waals surface area contributed by atoms with Crippen molar-refractivity contribution in [3.05, 3.63) is 35.4 Å². The lowest BCUT2D eigenvalue weighted by molar-refractivity contribution is 0.0266. The first-order valence-electron chi connectivity index (χ1n) is 6.16. The number of rotatable bonds is 7. The third kappa shape index (κ3) is 3.73. The lowest BCUT2D eigenvalue weighted by Crippen LogP contribution is -2.38. The van der Waals surface area contributed by atoms with Crippen LogP contribution in [0.25, 0.3) is 0 Å². The minimum absolute atomic E-state index is 0.199. The van der Waals surface area contributed by atoms with Crippen molar-refractivity contribution in [2.45, 2.75) is 38.8 Å². The summed E-state index contributed by atoms with van der Waals surface area (Å²) in [5.41, 5.74) is 2.72. The molecule has 0 fully saturated rings. The van der Waals surface area contributed by atoms with Crippen molar-refractivity contribution < 1.29 is 13.5 Å². The summed E-state index contributed by atoms with van der Waals surface area (Å²) >= 11 is 0. The van der Waals surface area contributed by atoms with E-state index in [2.05, 4.69) is 5.43 Å². The summed E-state index contributed by atoms with van der Waals surface area (Å²) in [6, 6.07) is 2.79. The van der Waals surface area contributed by atoms with E-state index < -0.39 is 17.7 Å². The topological polar surface area (TPSA) is 47.3 Å². The van der Waals surface area contributed by atoms with Crippen LogP contribution in [-0.2, 0) is 4.74 Å². The zero-order valence-electron chi connectivity index (χ0n) is 10.7. The fourth-order valence-corrected chi connectivity index (χ4v) is 2.00. The quantitative estimate of drug-likeness (QED) is 0.584. The fraction of sp³-hybridized carbons (Fsp3) is 0.538. The van der Waals surface area contributed by atoms with Crippen molar-refractivity contribution in [3.63, 3.8) is 0 Å².